The van der Waals surface area contributed by atoms with Crippen LogP contribution >= 0.6 is 11.6 Å². The van der Waals surface area contributed by atoms with E-state index in [1.54, 1.807) is 29.6 Å². The van der Waals surface area contributed by atoms with E-state index in [1.165, 1.54) is 9.13 Å². The van der Waals surface area contributed by atoms with Gasteiger partial charge in [-0.15, -0.1) is 0 Å². The number of fused-ring (bicyclic) bond motifs is 3. The molecule has 0 radical (unpaired) electrons. The summed E-state index contributed by atoms with van der Waals surface area (Å²) in [6.07, 6.45) is 1.85. The molecule has 8 heteroatoms. The molecule has 0 N–H and O–H groups in total. The van der Waals surface area contributed by atoms with Gasteiger partial charge in [-0.25, -0.2) is 4.79 Å². The second-order valence-corrected chi connectivity index (χ2v) is 6.58. The first-order valence-electron chi connectivity index (χ1n) is 7.77. The Balaban J connectivity index is 2.05. The van der Waals surface area contributed by atoms with E-state index in [1.807, 2.05) is 30.8 Å². The molecule has 0 saturated carbocycles. The maximum atomic E-state index is 13.0. The molecule has 7 nitrogen and oxygen atoms in total. The molecule has 0 bridgehead atoms. The van der Waals surface area contributed by atoms with Crippen LogP contribution in [0.1, 0.15) is 11.3 Å². The van der Waals surface area contributed by atoms with Crippen LogP contribution in [0.4, 0.5) is 0 Å². The highest BCUT2D eigenvalue weighted by Crippen LogP contribution is 2.15. The van der Waals surface area contributed by atoms with Crippen LogP contribution in [0.5, 0.6) is 0 Å². The largest absolute Gasteiger partial charge is 0.332 e. The minimum atomic E-state index is -0.405. The topological polar surface area (TPSA) is 66.2 Å². The number of aromatic nitrogens is 5. The summed E-state index contributed by atoms with van der Waals surface area (Å²) in [5.41, 5.74) is 1.76. The third-order valence-corrected chi connectivity index (χ3v) is 4.77. The Morgan fingerprint density at radius 2 is 1.92 bits per heavy atom. The number of imidazole rings is 2. The van der Waals surface area contributed by atoms with Crippen molar-refractivity contribution in [2.45, 2.75) is 13.5 Å². The van der Waals surface area contributed by atoms with Gasteiger partial charge in [-0.3, -0.25) is 18.3 Å². The van der Waals surface area contributed by atoms with Crippen LogP contribution in [-0.4, -0.2) is 23.1 Å². The van der Waals surface area contributed by atoms with Crippen molar-refractivity contribution in [3.05, 3.63) is 67.6 Å². The molecule has 0 aliphatic carbocycles. The molecule has 1 aromatic carbocycles. The van der Waals surface area contributed by atoms with Gasteiger partial charge in [0.1, 0.15) is 0 Å². The Bertz CT molecular complexity index is 1260. The van der Waals surface area contributed by atoms with Gasteiger partial charge < -0.3 is 4.57 Å². The Labute approximate surface area is 147 Å². The molecule has 0 aliphatic heterocycles. The molecule has 3 heterocycles. The predicted molar refractivity (Wildman–Crippen MR) is 96.5 cm³/mol. The van der Waals surface area contributed by atoms with Gasteiger partial charge in [-0.05, 0) is 24.6 Å². The summed E-state index contributed by atoms with van der Waals surface area (Å²) in [6.45, 7) is 2.09. The summed E-state index contributed by atoms with van der Waals surface area (Å²) in [6, 6.07) is 7.13. The lowest BCUT2D eigenvalue weighted by atomic mass is 10.2. The smallest absolute Gasteiger partial charge is 0.317 e. The van der Waals surface area contributed by atoms with Gasteiger partial charge in [0.05, 0.1) is 6.54 Å². The molecule has 0 spiro atoms. The molecule has 0 saturated heterocycles. The van der Waals surface area contributed by atoms with Gasteiger partial charge in [-0.1, -0.05) is 23.7 Å². The van der Waals surface area contributed by atoms with Crippen molar-refractivity contribution in [2.75, 3.05) is 0 Å². The first-order valence-corrected chi connectivity index (χ1v) is 8.14. The predicted octanol–water partition coefficient (Wildman–Crippen LogP) is 1.70. The van der Waals surface area contributed by atoms with Gasteiger partial charge >= 0.3 is 5.69 Å². The van der Waals surface area contributed by atoms with Crippen molar-refractivity contribution >= 4 is 28.5 Å². The summed E-state index contributed by atoms with van der Waals surface area (Å²) < 4.78 is 6.24. The molecule has 4 rings (SSSR count). The summed E-state index contributed by atoms with van der Waals surface area (Å²) in [5, 5.41) is 0.564. The molecule has 0 amide bonds. The minimum absolute atomic E-state index is 0.154. The molecular formula is C17H16ClN5O2. The molecular weight excluding hydrogens is 342 g/mol. The highest BCUT2D eigenvalue weighted by molar-refractivity contribution is 6.30. The second kappa shape index (κ2) is 5.35. The van der Waals surface area contributed by atoms with Crippen LogP contribution in [0, 0.1) is 6.92 Å². The molecule has 0 atom stereocenters. The van der Waals surface area contributed by atoms with Crippen LogP contribution in [0.2, 0.25) is 5.02 Å². The van der Waals surface area contributed by atoms with Crippen molar-refractivity contribution in [1.82, 2.24) is 23.1 Å². The molecule has 0 fully saturated rings. The number of nitrogens with zero attached hydrogens (tertiary/aromatic N) is 5. The average molecular weight is 358 g/mol. The monoisotopic (exact) mass is 357 g/mol. The number of hydrogen-bond donors (Lipinski definition) is 0. The van der Waals surface area contributed by atoms with Crippen molar-refractivity contribution in [1.29, 1.82) is 0 Å². The van der Waals surface area contributed by atoms with Gasteiger partial charge in [0.15, 0.2) is 11.2 Å². The van der Waals surface area contributed by atoms with Crippen LogP contribution in [-0.2, 0) is 20.6 Å². The van der Waals surface area contributed by atoms with Crippen molar-refractivity contribution in [2.24, 2.45) is 14.1 Å². The number of benzene rings is 1. The Morgan fingerprint density at radius 1 is 1.16 bits per heavy atom. The van der Waals surface area contributed by atoms with Crippen molar-refractivity contribution in [3.63, 3.8) is 0 Å². The number of rotatable bonds is 2. The maximum Gasteiger partial charge on any atom is 0.332 e. The fourth-order valence-electron chi connectivity index (χ4n) is 3.08. The number of halogens is 1. The fourth-order valence-corrected chi connectivity index (χ4v) is 3.29. The molecule has 25 heavy (non-hydrogen) atoms. The molecule has 3 aromatic heterocycles. The third kappa shape index (κ3) is 2.23. The summed E-state index contributed by atoms with van der Waals surface area (Å²) in [4.78, 5) is 30.2. The Morgan fingerprint density at radius 3 is 2.64 bits per heavy atom. The van der Waals surface area contributed by atoms with Crippen molar-refractivity contribution < 1.29 is 0 Å². The van der Waals surface area contributed by atoms with Crippen molar-refractivity contribution in [3.8, 4) is 0 Å². The van der Waals surface area contributed by atoms with Gasteiger partial charge in [0, 0.05) is 31.0 Å². The van der Waals surface area contributed by atoms with E-state index < -0.39 is 5.69 Å². The van der Waals surface area contributed by atoms with E-state index in [-0.39, 0.29) is 12.1 Å². The van der Waals surface area contributed by atoms with E-state index >= 15 is 0 Å². The van der Waals surface area contributed by atoms with Crippen LogP contribution in [0.3, 0.4) is 0 Å². The highest BCUT2D eigenvalue weighted by Gasteiger charge is 2.19. The van der Waals surface area contributed by atoms with E-state index in [9.17, 15) is 9.59 Å². The average Bonchev–Trinajstić information content (AvgIpc) is 3.07. The fraction of sp³-hybridized carbons (Fsp3) is 0.235. The molecule has 0 unspecified atom stereocenters. The SMILES string of the molecule is Cc1cn2c3c(=O)n(Cc4cccc(Cl)c4)c(=O)n(C)c3nc2n1C. The van der Waals surface area contributed by atoms with Crippen LogP contribution in [0.15, 0.2) is 40.1 Å². The second-order valence-electron chi connectivity index (χ2n) is 6.15. The van der Waals surface area contributed by atoms with Gasteiger partial charge in [0.2, 0.25) is 5.78 Å². The quantitative estimate of drug-likeness (QED) is 0.548. The lowest BCUT2D eigenvalue weighted by Gasteiger charge is -2.08. The normalized spacial score (nSPS) is 11.7. The summed E-state index contributed by atoms with van der Waals surface area (Å²) >= 11 is 6.01. The lowest BCUT2D eigenvalue weighted by molar-refractivity contribution is 0.656. The third-order valence-electron chi connectivity index (χ3n) is 4.53. The van der Waals surface area contributed by atoms with E-state index in [0.717, 1.165) is 11.3 Å². The van der Waals surface area contributed by atoms with E-state index in [2.05, 4.69) is 4.98 Å². The lowest BCUT2D eigenvalue weighted by Crippen LogP contribution is -2.39. The highest BCUT2D eigenvalue weighted by atomic mass is 35.5. The van der Waals surface area contributed by atoms with Gasteiger partial charge in [0.25, 0.3) is 5.56 Å². The molecule has 128 valence electrons. The Kier molecular flexibility index (Phi) is 3.36. The first kappa shape index (κ1) is 15.7. The standard InChI is InChI=1S/C17H16ClN5O2/c1-10-8-22-13-14(19-16(22)20(10)2)21(3)17(25)23(15(13)24)9-11-5-4-6-12(18)7-11/h4-8H,9H2,1-3H3. The van der Waals surface area contributed by atoms with Crippen LogP contribution in [0.25, 0.3) is 16.9 Å². The zero-order valence-corrected chi connectivity index (χ0v) is 14.8. The molecule has 4 aromatic rings. The van der Waals surface area contributed by atoms with E-state index in [4.69, 9.17) is 11.6 Å². The first-order chi connectivity index (χ1) is 11.9. The number of hydrogen-bond acceptors (Lipinski definition) is 3. The summed E-state index contributed by atoms with van der Waals surface area (Å²) in [5.74, 6) is 0.625. The zero-order chi connectivity index (χ0) is 17.9. The minimum Gasteiger partial charge on any atom is -0.317 e. The maximum absolute atomic E-state index is 13.0. The van der Waals surface area contributed by atoms with E-state index in [0.29, 0.717) is 22.0 Å². The van der Waals surface area contributed by atoms with Gasteiger partial charge in [-0.2, -0.15) is 4.98 Å². The summed E-state index contributed by atoms with van der Waals surface area (Å²) in [7, 11) is 3.50. The number of aryl methyl sites for hydroxylation is 3. The zero-order valence-electron chi connectivity index (χ0n) is 14.0. The van der Waals surface area contributed by atoms with Crippen LogP contribution < -0.4 is 11.2 Å². The molecule has 0 aliphatic rings. The Hall–Kier alpha value is -2.80.